The number of imidazole rings is 1. The summed E-state index contributed by atoms with van der Waals surface area (Å²) < 4.78 is 6.35. The molecule has 0 amide bonds. The van der Waals surface area contributed by atoms with Gasteiger partial charge in [-0.05, 0) is 53.6 Å². The Balaban J connectivity index is 1.55. The van der Waals surface area contributed by atoms with Crippen LogP contribution in [0.25, 0.3) is 0 Å². The Kier molecular flexibility index (Phi) is 6.81. The van der Waals surface area contributed by atoms with Crippen LogP contribution in [0.1, 0.15) is 28.2 Å². The molecule has 31 heavy (non-hydrogen) atoms. The second kappa shape index (κ2) is 9.74. The van der Waals surface area contributed by atoms with Crippen LogP contribution in [0.15, 0.2) is 72.9 Å². The first-order valence-electron chi connectivity index (χ1n) is 10.2. The summed E-state index contributed by atoms with van der Waals surface area (Å²) in [6.07, 6.45) is 2.66. The van der Waals surface area contributed by atoms with Crippen LogP contribution in [-0.2, 0) is 17.7 Å². The molecule has 3 aromatic carbocycles. The van der Waals surface area contributed by atoms with E-state index in [0.29, 0.717) is 16.7 Å². The third-order valence-electron chi connectivity index (χ3n) is 5.29. The molecule has 0 atom stereocenters. The lowest BCUT2D eigenvalue weighted by Gasteiger charge is -2.16. The van der Waals surface area contributed by atoms with E-state index in [9.17, 15) is 0 Å². The van der Waals surface area contributed by atoms with Gasteiger partial charge in [0.05, 0.1) is 12.3 Å². The highest BCUT2D eigenvalue weighted by Crippen LogP contribution is 2.16. The van der Waals surface area contributed by atoms with Crippen LogP contribution in [0.4, 0.5) is 0 Å². The number of hydrogen-bond donors (Lipinski definition) is 1. The number of aromatic amines is 1. The van der Waals surface area contributed by atoms with Gasteiger partial charge in [0.2, 0.25) is 0 Å². The van der Waals surface area contributed by atoms with Crippen LogP contribution in [0.5, 0.6) is 0 Å². The molecule has 0 aliphatic heterocycles. The average Bonchev–Trinajstić information content (AvgIpc) is 3.21. The average molecular weight is 449 g/mol. The van der Waals surface area contributed by atoms with Gasteiger partial charge in [-0.2, -0.15) is 0 Å². The summed E-state index contributed by atoms with van der Waals surface area (Å²) in [5.74, 6) is 0.915. The summed E-state index contributed by atoms with van der Waals surface area (Å²) in [5, 5.41) is 1.43. The van der Waals surface area contributed by atoms with Crippen LogP contribution in [0.3, 0.4) is 0 Å². The van der Waals surface area contributed by atoms with Crippen molar-refractivity contribution in [3.63, 3.8) is 0 Å². The molecule has 1 heterocycles. The quantitative estimate of drug-likeness (QED) is 0.392. The Bertz CT molecular complexity index is 1130. The first kappa shape index (κ1) is 21.7. The van der Waals surface area contributed by atoms with Crippen molar-refractivity contribution in [1.82, 2.24) is 9.97 Å². The van der Waals surface area contributed by atoms with Crippen molar-refractivity contribution in [2.24, 2.45) is 0 Å². The van der Waals surface area contributed by atoms with Gasteiger partial charge in [0.25, 0.3) is 0 Å². The van der Waals surface area contributed by atoms with Gasteiger partial charge in [-0.1, -0.05) is 77.8 Å². The van der Waals surface area contributed by atoms with Crippen LogP contribution in [0, 0.1) is 13.8 Å². The number of aromatic nitrogens is 2. The van der Waals surface area contributed by atoms with Crippen molar-refractivity contribution in [2.75, 3.05) is 0 Å². The molecule has 0 spiro atoms. The smallest absolute Gasteiger partial charge is 0.362 e. The monoisotopic (exact) mass is 448 g/mol. The van der Waals surface area contributed by atoms with E-state index in [0.717, 1.165) is 40.0 Å². The van der Waals surface area contributed by atoms with Gasteiger partial charge in [-0.15, -0.1) is 0 Å². The third kappa shape index (κ3) is 5.40. The molecule has 156 valence electrons. The van der Waals surface area contributed by atoms with Crippen molar-refractivity contribution >= 4 is 41.0 Å². The zero-order chi connectivity index (χ0) is 21.8. The molecule has 0 saturated heterocycles. The van der Waals surface area contributed by atoms with Crippen LogP contribution < -0.4 is 10.9 Å². The van der Waals surface area contributed by atoms with Crippen LogP contribution in [0.2, 0.25) is 10.0 Å². The molecule has 4 rings (SSSR count). The number of hydrogen-bond acceptors (Lipinski definition) is 2. The van der Waals surface area contributed by atoms with E-state index in [1.54, 1.807) is 0 Å². The maximum Gasteiger partial charge on any atom is 0.362 e. The normalized spacial score (nSPS) is 11.0. The highest BCUT2D eigenvalue weighted by molar-refractivity contribution is 6.80. The topological polar surface area (TPSA) is 37.9 Å². The van der Waals surface area contributed by atoms with Crippen molar-refractivity contribution in [3.8, 4) is 0 Å². The predicted molar refractivity (Wildman–Crippen MR) is 130 cm³/mol. The van der Waals surface area contributed by atoms with Gasteiger partial charge in [-0.25, -0.2) is 4.98 Å². The Morgan fingerprint density at radius 2 is 1.48 bits per heavy atom. The van der Waals surface area contributed by atoms with E-state index in [1.165, 1.54) is 5.56 Å². The van der Waals surface area contributed by atoms with Gasteiger partial charge >= 0.3 is 6.92 Å². The van der Waals surface area contributed by atoms with E-state index in [1.807, 2.05) is 74.6 Å². The summed E-state index contributed by atoms with van der Waals surface area (Å²) in [6.45, 7) is 4.05. The van der Waals surface area contributed by atoms with Gasteiger partial charge in [0.15, 0.2) is 0 Å². The van der Waals surface area contributed by atoms with E-state index >= 15 is 0 Å². The zero-order valence-electron chi connectivity index (χ0n) is 17.5. The Hall–Kier alpha value is -2.53. The molecule has 0 aliphatic rings. The SMILES string of the molecule is Cc1ccc(B(OCc2c[nH]c(Cc3ccccc3)n2)c2ccc(C)c(Cl)c2)cc1Cl. The van der Waals surface area contributed by atoms with Crippen molar-refractivity contribution in [2.45, 2.75) is 26.9 Å². The Morgan fingerprint density at radius 3 is 2.06 bits per heavy atom. The largest absolute Gasteiger partial charge is 0.421 e. The van der Waals surface area contributed by atoms with Gasteiger partial charge in [0, 0.05) is 22.7 Å². The lowest BCUT2D eigenvalue weighted by atomic mass is 9.55. The minimum absolute atomic E-state index is 0.300. The zero-order valence-corrected chi connectivity index (χ0v) is 19.0. The highest BCUT2D eigenvalue weighted by atomic mass is 35.5. The summed E-state index contributed by atoms with van der Waals surface area (Å²) in [7, 11) is 0. The van der Waals surface area contributed by atoms with Gasteiger partial charge < -0.3 is 9.64 Å². The first-order chi connectivity index (χ1) is 15.0. The molecule has 0 radical (unpaired) electrons. The molecule has 0 fully saturated rings. The standard InChI is InChI=1S/C25H23BCl2N2O/c1-17-8-10-20(13-23(17)27)26(21-11-9-18(2)24(28)14-21)31-16-22-15-29-25(30-22)12-19-6-4-3-5-7-19/h3-11,13-15H,12,16H2,1-2H3,(H,29,30). The van der Waals surface area contributed by atoms with Gasteiger partial charge in [0.1, 0.15) is 5.82 Å². The van der Waals surface area contributed by atoms with Crippen LogP contribution in [-0.4, -0.2) is 16.9 Å². The van der Waals surface area contributed by atoms with E-state index < -0.39 is 0 Å². The second-order valence-electron chi connectivity index (χ2n) is 7.71. The van der Waals surface area contributed by atoms with Crippen molar-refractivity contribution < 1.29 is 4.65 Å². The van der Waals surface area contributed by atoms with Gasteiger partial charge in [-0.3, -0.25) is 0 Å². The minimum atomic E-state index is -0.300. The van der Waals surface area contributed by atoms with E-state index in [-0.39, 0.29) is 6.92 Å². The molecular weight excluding hydrogens is 426 g/mol. The molecular formula is C25H23BCl2N2O. The molecule has 0 bridgehead atoms. The number of nitrogens with zero attached hydrogens (tertiary/aromatic N) is 1. The fourth-order valence-corrected chi connectivity index (χ4v) is 3.83. The molecule has 4 aromatic rings. The maximum absolute atomic E-state index is 6.40. The van der Waals surface area contributed by atoms with Crippen molar-refractivity contribution in [1.29, 1.82) is 0 Å². The lowest BCUT2D eigenvalue weighted by Crippen LogP contribution is -2.45. The first-order valence-corrected chi connectivity index (χ1v) is 11.0. The number of H-pyrrole nitrogens is 1. The molecule has 0 unspecified atom stereocenters. The molecule has 3 nitrogen and oxygen atoms in total. The summed E-state index contributed by atoms with van der Waals surface area (Å²) in [4.78, 5) is 7.95. The second-order valence-corrected chi connectivity index (χ2v) is 8.52. The number of nitrogens with one attached hydrogen (secondary N) is 1. The molecule has 1 aromatic heterocycles. The lowest BCUT2D eigenvalue weighted by molar-refractivity contribution is 0.317. The number of halogens is 2. The Morgan fingerprint density at radius 1 is 0.871 bits per heavy atom. The molecule has 1 N–H and O–H groups in total. The fourth-order valence-electron chi connectivity index (χ4n) is 3.46. The van der Waals surface area contributed by atoms with E-state index in [4.69, 9.17) is 32.8 Å². The van der Waals surface area contributed by atoms with Crippen LogP contribution >= 0.6 is 23.2 Å². The summed E-state index contributed by atoms with van der Waals surface area (Å²) in [6, 6.07) is 22.3. The highest BCUT2D eigenvalue weighted by Gasteiger charge is 2.23. The summed E-state index contributed by atoms with van der Waals surface area (Å²) >= 11 is 12.8. The third-order valence-corrected chi connectivity index (χ3v) is 6.11. The molecule has 0 saturated carbocycles. The molecule has 0 aliphatic carbocycles. The summed E-state index contributed by atoms with van der Waals surface area (Å²) in [5.41, 5.74) is 6.09. The number of rotatable bonds is 7. The Labute approximate surface area is 193 Å². The van der Waals surface area contributed by atoms with Crippen molar-refractivity contribution in [3.05, 3.63) is 111 Å². The fraction of sp³-hybridized carbons (Fsp3) is 0.160. The minimum Gasteiger partial charge on any atom is -0.421 e. The number of benzene rings is 3. The molecule has 6 heteroatoms. The predicted octanol–water partition coefficient (Wildman–Crippen LogP) is 5.25. The maximum atomic E-state index is 6.40. The number of aryl methyl sites for hydroxylation is 2. The van der Waals surface area contributed by atoms with E-state index in [2.05, 4.69) is 17.1 Å².